The van der Waals surface area contributed by atoms with E-state index in [4.69, 9.17) is 9.47 Å². The quantitative estimate of drug-likeness (QED) is 0.645. The highest BCUT2D eigenvalue weighted by Crippen LogP contribution is 2.09. The fraction of sp³-hybridized carbons (Fsp3) is 0.909. The number of esters is 1. The van der Waals surface area contributed by atoms with Gasteiger partial charge in [0.15, 0.2) is 0 Å². The second-order valence-electron chi connectivity index (χ2n) is 5.00. The minimum atomic E-state index is -0.394. The molecule has 15 heavy (non-hydrogen) atoms. The van der Waals surface area contributed by atoms with Crippen LogP contribution in [0.15, 0.2) is 0 Å². The summed E-state index contributed by atoms with van der Waals surface area (Å²) in [4.78, 5) is 13.6. The Morgan fingerprint density at radius 1 is 1.53 bits per heavy atom. The zero-order chi connectivity index (χ0) is 11.5. The Bertz CT molecular complexity index is 222. The zero-order valence-corrected chi connectivity index (χ0v) is 10.1. The predicted molar refractivity (Wildman–Crippen MR) is 57.7 cm³/mol. The molecule has 1 heterocycles. The second-order valence-corrected chi connectivity index (χ2v) is 5.00. The maximum Gasteiger partial charge on any atom is 0.320 e. The van der Waals surface area contributed by atoms with Gasteiger partial charge in [0, 0.05) is 13.1 Å². The number of carbonyl (C=O) groups is 1. The fourth-order valence-electron chi connectivity index (χ4n) is 1.59. The molecule has 1 fully saturated rings. The van der Waals surface area contributed by atoms with Gasteiger partial charge in [0.25, 0.3) is 0 Å². The van der Waals surface area contributed by atoms with Gasteiger partial charge in [-0.1, -0.05) is 0 Å². The standard InChI is InChI=1S/C11H21NO3/c1-9-7-12(5-6-14-9)8-10(13)15-11(2,3)4/h9H,5-8H2,1-4H3. The molecule has 0 radical (unpaired) electrons. The molecule has 4 heteroatoms. The molecule has 1 saturated heterocycles. The molecule has 0 saturated carbocycles. The van der Waals surface area contributed by atoms with Crippen LogP contribution < -0.4 is 0 Å². The zero-order valence-electron chi connectivity index (χ0n) is 10.1. The van der Waals surface area contributed by atoms with Crippen molar-refractivity contribution in [1.82, 2.24) is 4.90 Å². The van der Waals surface area contributed by atoms with E-state index in [0.29, 0.717) is 13.2 Å². The van der Waals surface area contributed by atoms with E-state index in [1.165, 1.54) is 0 Å². The van der Waals surface area contributed by atoms with E-state index in [2.05, 4.69) is 4.90 Å². The van der Waals surface area contributed by atoms with Gasteiger partial charge in [0.1, 0.15) is 5.60 Å². The highest BCUT2D eigenvalue weighted by molar-refractivity contribution is 5.72. The van der Waals surface area contributed by atoms with Crippen molar-refractivity contribution < 1.29 is 14.3 Å². The van der Waals surface area contributed by atoms with Crippen molar-refractivity contribution in [2.24, 2.45) is 0 Å². The van der Waals surface area contributed by atoms with Gasteiger partial charge in [0.2, 0.25) is 0 Å². The van der Waals surface area contributed by atoms with Crippen LogP contribution in [0.4, 0.5) is 0 Å². The lowest BCUT2D eigenvalue weighted by Crippen LogP contribution is -2.44. The van der Waals surface area contributed by atoms with Crippen LogP contribution in [0, 0.1) is 0 Å². The SMILES string of the molecule is CC1CN(CC(=O)OC(C)(C)C)CCO1. The van der Waals surface area contributed by atoms with E-state index in [0.717, 1.165) is 13.1 Å². The van der Waals surface area contributed by atoms with Crippen LogP contribution in [0.2, 0.25) is 0 Å². The molecular weight excluding hydrogens is 194 g/mol. The number of carbonyl (C=O) groups excluding carboxylic acids is 1. The summed E-state index contributed by atoms with van der Waals surface area (Å²) in [5.74, 6) is -0.156. The summed E-state index contributed by atoms with van der Waals surface area (Å²) >= 11 is 0. The Balaban J connectivity index is 2.31. The van der Waals surface area contributed by atoms with Crippen LogP contribution in [-0.2, 0) is 14.3 Å². The minimum Gasteiger partial charge on any atom is -0.459 e. The molecule has 0 N–H and O–H groups in total. The molecular formula is C11H21NO3. The third kappa shape index (κ3) is 5.14. The van der Waals surface area contributed by atoms with Crippen molar-refractivity contribution in [3.8, 4) is 0 Å². The van der Waals surface area contributed by atoms with Crippen molar-refractivity contribution in [2.45, 2.75) is 39.4 Å². The summed E-state index contributed by atoms with van der Waals surface area (Å²) in [5, 5.41) is 0. The summed E-state index contributed by atoms with van der Waals surface area (Å²) in [5.41, 5.74) is -0.394. The van der Waals surface area contributed by atoms with E-state index in [9.17, 15) is 4.79 Å². The molecule has 1 aliphatic heterocycles. The Morgan fingerprint density at radius 2 is 2.20 bits per heavy atom. The minimum absolute atomic E-state index is 0.156. The molecule has 0 bridgehead atoms. The van der Waals surface area contributed by atoms with E-state index < -0.39 is 5.60 Å². The first-order valence-electron chi connectivity index (χ1n) is 5.42. The van der Waals surface area contributed by atoms with Gasteiger partial charge in [-0.05, 0) is 27.7 Å². The summed E-state index contributed by atoms with van der Waals surface area (Å²) in [7, 11) is 0. The molecule has 1 atom stereocenters. The summed E-state index contributed by atoms with van der Waals surface area (Å²) < 4.78 is 10.7. The topological polar surface area (TPSA) is 38.8 Å². The number of rotatable bonds is 2. The first-order valence-corrected chi connectivity index (χ1v) is 5.42. The van der Waals surface area contributed by atoms with Gasteiger partial charge in [-0.25, -0.2) is 0 Å². The average molecular weight is 215 g/mol. The van der Waals surface area contributed by atoms with Crippen molar-refractivity contribution in [3.05, 3.63) is 0 Å². The normalized spacial score (nSPS) is 23.9. The number of hydrogen-bond acceptors (Lipinski definition) is 4. The molecule has 4 nitrogen and oxygen atoms in total. The Morgan fingerprint density at radius 3 is 2.73 bits per heavy atom. The lowest BCUT2D eigenvalue weighted by molar-refractivity contribution is -0.157. The molecule has 1 rings (SSSR count). The molecule has 0 spiro atoms. The van der Waals surface area contributed by atoms with Crippen LogP contribution in [0.5, 0.6) is 0 Å². The third-order valence-corrected chi connectivity index (χ3v) is 2.10. The average Bonchev–Trinajstić information content (AvgIpc) is 1.99. The Labute approximate surface area is 91.5 Å². The van der Waals surface area contributed by atoms with Gasteiger partial charge in [-0.2, -0.15) is 0 Å². The third-order valence-electron chi connectivity index (χ3n) is 2.10. The van der Waals surface area contributed by atoms with Crippen molar-refractivity contribution in [1.29, 1.82) is 0 Å². The number of nitrogens with zero attached hydrogens (tertiary/aromatic N) is 1. The fourth-order valence-corrected chi connectivity index (χ4v) is 1.59. The predicted octanol–water partition coefficient (Wildman–Crippen LogP) is 1.05. The highest BCUT2D eigenvalue weighted by atomic mass is 16.6. The maximum absolute atomic E-state index is 11.5. The number of ether oxygens (including phenoxy) is 2. The molecule has 0 aromatic heterocycles. The molecule has 0 aromatic carbocycles. The lowest BCUT2D eigenvalue weighted by Gasteiger charge is -2.31. The summed E-state index contributed by atoms with van der Waals surface area (Å²) in [6, 6.07) is 0. The summed E-state index contributed by atoms with van der Waals surface area (Å²) in [6.07, 6.45) is 0.209. The van der Waals surface area contributed by atoms with Crippen LogP contribution >= 0.6 is 0 Å². The lowest BCUT2D eigenvalue weighted by atomic mass is 10.2. The molecule has 1 aliphatic rings. The first kappa shape index (κ1) is 12.5. The largest absolute Gasteiger partial charge is 0.459 e. The molecule has 1 unspecified atom stereocenters. The van der Waals surface area contributed by atoms with Crippen molar-refractivity contribution in [2.75, 3.05) is 26.2 Å². The Kier molecular flexibility index (Phi) is 4.11. The van der Waals surface area contributed by atoms with Gasteiger partial charge in [-0.15, -0.1) is 0 Å². The van der Waals surface area contributed by atoms with Crippen molar-refractivity contribution >= 4 is 5.97 Å². The van der Waals surface area contributed by atoms with E-state index in [-0.39, 0.29) is 12.1 Å². The maximum atomic E-state index is 11.5. The molecule has 0 amide bonds. The highest BCUT2D eigenvalue weighted by Gasteiger charge is 2.22. The van der Waals surface area contributed by atoms with Crippen molar-refractivity contribution in [3.63, 3.8) is 0 Å². The van der Waals surface area contributed by atoms with E-state index in [1.807, 2.05) is 27.7 Å². The first-order chi connectivity index (χ1) is 6.87. The van der Waals surface area contributed by atoms with Crippen LogP contribution in [0.1, 0.15) is 27.7 Å². The van der Waals surface area contributed by atoms with Gasteiger partial charge in [-0.3, -0.25) is 9.69 Å². The van der Waals surface area contributed by atoms with E-state index >= 15 is 0 Å². The smallest absolute Gasteiger partial charge is 0.320 e. The molecule has 0 aromatic rings. The van der Waals surface area contributed by atoms with Crippen LogP contribution in [-0.4, -0.2) is 48.8 Å². The number of morpholine rings is 1. The number of hydrogen-bond donors (Lipinski definition) is 0. The monoisotopic (exact) mass is 215 g/mol. The van der Waals surface area contributed by atoms with Crippen LogP contribution in [0.3, 0.4) is 0 Å². The van der Waals surface area contributed by atoms with Crippen LogP contribution in [0.25, 0.3) is 0 Å². The summed E-state index contributed by atoms with van der Waals surface area (Å²) in [6.45, 7) is 10.3. The molecule has 0 aliphatic carbocycles. The second kappa shape index (κ2) is 4.94. The van der Waals surface area contributed by atoms with Gasteiger partial charge >= 0.3 is 5.97 Å². The molecule has 88 valence electrons. The van der Waals surface area contributed by atoms with Gasteiger partial charge < -0.3 is 9.47 Å². The van der Waals surface area contributed by atoms with E-state index in [1.54, 1.807) is 0 Å². The Hall–Kier alpha value is -0.610. The van der Waals surface area contributed by atoms with Gasteiger partial charge in [0.05, 0.1) is 19.3 Å².